The van der Waals surface area contributed by atoms with Crippen molar-refractivity contribution in [2.24, 2.45) is 5.10 Å². The van der Waals surface area contributed by atoms with Crippen molar-refractivity contribution in [2.45, 2.75) is 19.0 Å². The van der Waals surface area contributed by atoms with E-state index in [1.165, 1.54) is 24.6 Å². The molecule has 0 radical (unpaired) electrons. The van der Waals surface area contributed by atoms with Crippen LogP contribution in [0.15, 0.2) is 47.7 Å². The van der Waals surface area contributed by atoms with E-state index in [1.54, 1.807) is 6.21 Å². The minimum absolute atomic E-state index is 0.257. The van der Waals surface area contributed by atoms with Crippen LogP contribution in [0.25, 0.3) is 0 Å². The van der Waals surface area contributed by atoms with Crippen LogP contribution in [0.5, 0.6) is 0 Å². The summed E-state index contributed by atoms with van der Waals surface area (Å²) in [5.41, 5.74) is 3.94. The summed E-state index contributed by atoms with van der Waals surface area (Å²) in [5.74, 6) is 0.257. The van der Waals surface area contributed by atoms with Gasteiger partial charge < -0.3 is 4.90 Å². The van der Waals surface area contributed by atoms with Crippen LogP contribution in [0.4, 0.5) is 24.7 Å². The molecule has 1 fully saturated rings. The number of halogens is 3. The van der Waals surface area contributed by atoms with E-state index in [0.29, 0.717) is 0 Å². The Morgan fingerprint density at radius 2 is 1.75 bits per heavy atom. The Balaban J connectivity index is 1.57. The molecule has 7 heteroatoms. The topological polar surface area (TPSA) is 40.5 Å². The van der Waals surface area contributed by atoms with Crippen LogP contribution in [0, 0.1) is 0 Å². The molecule has 2 aromatic rings. The predicted molar refractivity (Wildman–Crippen MR) is 88.3 cm³/mol. The summed E-state index contributed by atoms with van der Waals surface area (Å²) < 4.78 is 37.3. The fraction of sp³-hybridized carbons (Fsp3) is 0.294. The Bertz CT molecular complexity index is 687. The first-order chi connectivity index (χ1) is 11.5. The van der Waals surface area contributed by atoms with E-state index in [0.717, 1.165) is 30.9 Å². The smallest absolute Gasteiger partial charge is 0.372 e. The maximum absolute atomic E-state index is 12.4. The second kappa shape index (κ2) is 6.90. The highest BCUT2D eigenvalue weighted by Gasteiger charge is 2.30. The van der Waals surface area contributed by atoms with E-state index < -0.39 is 11.7 Å². The molecule has 3 rings (SSSR count). The molecule has 1 aliphatic rings. The zero-order valence-electron chi connectivity index (χ0n) is 12.9. The third-order valence-corrected chi connectivity index (χ3v) is 3.85. The van der Waals surface area contributed by atoms with Crippen LogP contribution in [0.2, 0.25) is 0 Å². The van der Waals surface area contributed by atoms with E-state index in [9.17, 15) is 13.2 Å². The molecule has 0 spiro atoms. The predicted octanol–water partition coefficient (Wildman–Crippen LogP) is 4.15. The monoisotopic (exact) mass is 334 g/mol. The lowest BCUT2D eigenvalue weighted by Gasteiger charge is -2.17. The van der Waals surface area contributed by atoms with E-state index in [4.69, 9.17) is 0 Å². The van der Waals surface area contributed by atoms with Gasteiger partial charge in [0.05, 0.1) is 11.8 Å². The van der Waals surface area contributed by atoms with Crippen molar-refractivity contribution in [2.75, 3.05) is 23.4 Å². The molecule has 0 unspecified atom stereocenters. The molecule has 1 aromatic carbocycles. The van der Waals surface area contributed by atoms with Gasteiger partial charge in [-0.05, 0) is 42.7 Å². The van der Waals surface area contributed by atoms with Gasteiger partial charge in [-0.25, -0.2) is 4.98 Å². The fourth-order valence-corrected chi connectivity index (χ4v) is 2.55. The third-order valence-electron chi connectivity index (χ3n) is 3.85. The lowest BCUT2D eigenvalue weighted by Crippen LogP contribution is -2.17. The number of hydrazone groups is 1. The molecule has 24 heavy (non-hydrogen) atoms. The van der Waals surface area contributed by atoms with Gasteiger partial charge in [0.1, 0.15) is 5.82 Å². The quantitative estimate of drug-likeness (QED) is 0.675. The lowest BCUT2D eigenvalue weighted by atomic mass is 10.2. The Morgan fingerprint density at radius 1 is 1.04 bits per heavy atom. The van der Waals surface area contributed by atoms with Crippen molar-refractivity contribution in [3.63, 3.8) is 0 Å². The maximum Gasteiger partial charge on any atom is 0.417 e. The number of alkyl halides is 3. The maximum atomic E-state index is 12.4. The molecular weight excluding hydrogens is 317 g/mol. The molecule has 2 heterocycles. The first kappa shape index (κ1) is 16.3. The fourth-order valence-electron chi connectivity index (χ4n) is 2.55. The summed E-state index contributed by atoms with van der Waals surface area (Å²) in [5, 5.41) is 4.00. The minimum atomic E-state index is -4.38. The summed E-state index contributed by atoms with van der Waals surface area (Å²) >= 11 is 0. The van der Waals surface area contributed by atoms with Gasteiger partial charge in [0.15, 0.2) is 0 Å². The molecule has 1 aliphatic heterocycles. The number of anilines is 2. The number of nitrogens with zero attached hydrogens (tertiary/aromatic N) is 3. The second-order valence-electron chi connectivity index (χ2n) is 5.59. The Morgan fingerprint density at radius 3 is 2.33 bits per heavy atom. The molecule has 0 aliphatic carbocycles. The van der Waals surface area contributed by atoms with Crippen LogP contribution in [-0.4, -0.2) is 24.3 Å². The highest BCUT2D eigenvalue weighted by atomic mass is 19.4. The first-order valence-electron chi connectivity index (χ1n) is 7.70. The third kappa shape index (κ3) is 4.04. The lowest BCUT2D eigenvalue weighted by molar-refractivity contribution is -0.137. The van der Waals surface area contributed by atoms with E-state index in [1.807, 2.05) is 24.3 Å². The summed E-state index contributed by atoms with van der Waals surface area (Å²) in [6, 6.07) is 10.2. The Hall–Kier alpha value is -2.57. The standard InChI is InChI=1S/C17H17F3N4/c18-17(19,20)14-5-8-16(21-12-14)23-22-11-13-3-6-15(7-4-13)24-9-1-2-10-24/h3-8,11-12H,1-2,9-10H2,(H,21,23)/b22-11+. The minimum Gasteiger partial charge on any atom is -0.372 e. The molecule has 126 valence electrons. The molecular formula is C17H17F3N4. The zero-order chi connectivity index (χ0) is 17.0. The SMILES string of the molecule is FC(F)(F)c1ccc(N/N=C/c2ccc(N3CCCC3)cc2)nc1. The van der Waals surface area contributed by atoms with Crippen molar-refractivity contribution in [1.29, 1.82) is 0 Å². The summed E-state index contributed by atoms with van der Waals surface area (Å²) in [7, 11) is 0. The Labute approximate surface area is 138 Å². The average Bonchev–Trinajstić information content (AvgIpc) is 3.10. The van der Waals surface area contributed by atoms with Gasteiger partial charge in [-0.3, -0.25) is 5.43 Å². The van der Waals surface area contributed by atoms with Crippen LogP contribution in [-0.2, 0) is 6.18 Å². The normalized spacial score (nSPS) is 15.2. The summed E-state index contributed by atoms with van der Waals surface area (Å²) in [4.78, 5) is 6.03. The Kier molecular flexibility index (Phi) is 4.69. The van der Waals surface area contributed by atoms with Crippen LogP contribution >= 0.6 is 0 Å². The molecule has 0 saturated carbocycles. The molecule has 0 bridgehead atoms. The van der Waals surface area contributed by atoms with E-state index in [2.05, 4.69) is 20.4 Å². The number of benzene rings is 1. The molecule has 4 nitrogen and oxygen atoms in total. The van der Waals surface area contributed by atoms with Gasteiger partial charge in [0, 0.05) is 25.0 Å². The summed E-state index contributed by atoms with van der Waals surface area (Å²) in [6.07, 6.45) is 0.461. The molecule has 0 amide bonds. The van der Waals surface area contributed by atoms with Crippen molar-refractivity contribution in [1.82, 2.24) is 4.98 Å². The van der Waals surface area contributed by atoms with E-state index >= 15 is 0 Å². The van der Waals surface area contributed by atoms with Gasteiger partial charge >= 0.3 is 6.18 Å². The number of nitrogens with one attached hydrogen (secondary N) is 1. The highest BCUT2D eigenvalue weighted by Crippen LogP contribution is 2.28. The van der Waals surface area contributed by atoms with Gasteiger partial charge in [-0.15, -0.1) is 0 Å². The average molecular weight is 334 g/mol. The summed E-state index contributed by atoms with van der Waals surface area (Å²) in [6.45, 7) is 2.18. The number of aromatic nitrogens is 1. The van der Waals surface area contributed by atoms with Crippen LogP contribution in [0.1, 0.15) is 24.0 Å². The largest absolute Gasteiger partial charge is 0.417 e. The molecule has 1 aromatic heterocycles. The van der Waals surface area contributed by atoms with Crippen molar-refractivity contribution < 1.29 is 13.2 Å². The second-order valence-corrected chi connectivity index (χ2v) is 5.59. The van der Waals surface area contributed by atoms with E-state index in [-0.39, 0.29) is 5.82 Å². The van der Waals surface area contributed by atoms with Crippen molar-refractivity contribution in [3.8, 4) is 0 Å². The zero-order valence-corrected chi connectivity index (χ0v) is 12.9. The molecule has 0 atom stereocenters. The van der Waals surface area contributed by atoms with Gasteiger partial charge in [0.25, 0.3) is 0 Å². The molecule has 1 saturated heterocycles. The van der Waals surface area contributed by atoms with Crippen molar-refractivity contribution >= 4 is 17.7 Å². The highest BCUT2D eigenvalue weighted by molar-refractivity contribution is 5.80. The number of rotatable bonds is 4. The molecule has 1 N–H and O–H groups in total. The number of hydrogen-bond donors (Lipinski definition) is 1. The van der Waals surface area contributed by atoms with Gasteiger partial charge in [-0.1, -0.05) is 12.1 Å². The number of hydrogen-bond acceptors (Lipinski definition) is 4. The van der Waals surface area contributed by atoms with Crippen LogP contribution < -0.4 is 10.3 Å². The number of pyridine rings is 1. The first-order valence-corrected chi connectivity index (χ1v) is 7.70. The van der Waals surface area contributed by atoms with Gasteiger partial charge in [-0.2, -0.15) is 18.3 Å². The van der Waals surface area contributed by atoms with Crippen LogP contribution in [0.3, 0.4) is 0 Å². The van der Waals surface area contributed by atoms with Crippen molar-refractivity contribution in [3.05, 3.63) is 53.7 Å². The van der Waals surface area contributed by atoms with Gasteiger partial charge in [0.2, 0.25) is 0 Å².